The number of likely N-dealkylation sites (N-methyl/N-ethyl adjacent to an activating group) is 1. The Morgan fingerprint density at radius 1 is 1.35 bits per heavy atom. The zero-order valence-corrected chi connectivity index (χ0v) is 13.8. The Balaban J connectivity index is 3.37. The molecule has 5 nitrogen and oxygen atoms in total. The van der Waals surface area contributed by atoms with E-state index in [-0.39, 0.29) is 11.6 Å². The van der Waals surface area contributed by atoms with Gasteiger partial charge in [-0.25, -0.2) is 0 Å². The highest BCUT2D eigenvalue weighted by molar-refractivity contribution is 5.30. The van der Waals surface area contributed by atoms with Gasteiger partial charge >= 0.3 is 0 Å². The van der Waals surface area contributed by atoms with E-state index < -0.39 is 6.10 Å². The Labute approximate surface area is 122 Å². The monoisotopic (exact) mass is 283 g/mol. The molecule has 0 aliphatic carbocycles. The number of rotatable bonds is 7. The van der Waals surface area contributed by atoms with Crippen LogP contribution in [-0.4, -0.2) is 46.5 Å². The van der Waals surface area contributed by atoms with Crippen LogP contribution in [0.1, 0.15) is 58.4 Å². The summed E-state index contributed by atoms with van der Waals surface area (Å²) in [6.07, 6.45) is 2.74. The van der Waals surface area contributed by atoms with Crippen molar-refractivity contribution in [3.8, 4) is 5.75 Å². The molecule has 0 amide bonds. The summed E-state index contributed by atoms with van der Waals surface area (Å²) in [6, 6.07) is 0.178. The standard InChI is InChI=1S/C15H29N3O2/c1-8-15(9-2,17(5)6)14(19)13-12(20-7)10-16-18(13)11(3)4/h10-11,14,19H,8-9H2,1-7H3. The molecule has 1 aromatic heterocycles. The van der Waals surface area contributed by atoms with E-state index in [4.69, 9.17) is 4.74 Å². The minimum atomic E-state index is -0.646. The van der Waals surface area contributed by atoms with Gasteiger partial charge in [0, 0.05) is 6.04 Å². The van der Waals surface area contributed by atoms with Crippen LogP contribution in [0.2, 0.25) is 0 Å². The van der Waals surface area contributed by atoms with Crippen molar-refractivity contribution in [2.45, 2.75) is 58.2 Å². The van der Waals surface area contributed by atoms with E-state index in [0.717, 1.165) is 18.5 Å². The number of hydrogen-bond acceptors (Lipinski definition) is 4. The molecule has 20 heavy (non-hydrogen) atoms. The third-order valence-electron chi connectivity index (χ3n) is 4.39. The summed E-state index contributed by atoms with van der Waals surface area (Å²) >= 11 is 0. The molecular weight excluding hydrogens is 254 g/mol. The van der Waals surface area contributed by atoms with Gasteiger partial charge in [-0.1, -0.05) is 13.8 Å². The molecule has 1 atom stereocenters. The fourth-order valence-corrected chi connectivity index (χ4v) is 2.95. The lowest BCUT2D eigenvalue weighted by molar-refractivity contribution is -0.0215. The molecule has 5 heteroatoms. The molecule has 116 valence electrons. The highest BCUT2D eigenvalue weighted by Gasteiger charge is 2.41. The van der Waals surface area contributed by atoms with Gasteiger partial charge in [0.2, 0.25) is 0 Å². The third-order valence-corrected chi connectivity index (χ3v) is 4.39. The van der Waals surface area contributed by atoms with Crippen LogP contribution in [0.5, 0.6) is 5.75 Å². The molecular formula is C15H29N3O2. The maximum absolute atomic E-state index is 11.0. The van der Waals surface area contributed by atoms with E-state index >= 15 is 0 Å². The molecule has 1 N–H and O–H groups in total. The minimum absolute atomic E-state index is 0.178. The molecule has 0 spiro atoms. The molecule has 0 saturated carbocycles. The van der Waals surface area contributed by atoms with E-state index in [1.165, 1.54) is 0 Å². The lowest BCUT2D eigenvalue weighted by atomic mass is 9.83. The number of aliphatic hydroxyl groups excluding tert-OH is 1. The van der Waals surface area contributed by atoms with Gasteiger partial charge in [-0.2, -0.15) is 5.10 Å². The second-order valence-electron chi connectivity index (χ2n) is 5.74. The SMILES string of the molecule is CCC(CC)(C(O)c1c(OC)cnn1C(C)C)N(C)C. The summed E-state index contributed by atoms with van der Waals surface area (Å²) in [7, 11) is 5.64. The molecule has 1 heterocycles. The molecule has 0 fully saturated rings. The largest absolute Gasteiger partial charge is 0.493 e. The average molecular weight is 283 g/mol. The summed E-state index contributed by atoms with van der Waals surface area (Å²) in [5.41, 5.74) is 0.444. The molecule has 0 saturated heterocycles. The van der Waals surface area contributed by atoms with Crippen molar-refractivity contribution in [2.24, 2.45) is 0 Å². The van der Waals surface area contributed by atoms with Gasteiger partial charge < -0.3 is 14.7 Å². The molecule has 0 aliphatic heterocycles. The quantitative estimate of drug-likeness (QED) is 0.836. The molecule has 1 aromatic rings. The number of hydrogen-bond donors (Lipinski definition) is 1. The van der Waals surface area contributed by atoms with Crippen molar-refractivity contribution >= 4 is 0 Å². The second kappa shape index (κ2) is 6.59. The lowest BCUT2D eigenvalue weighted by Crippen LogP contribution is -2.49. The van der Waals surface area contributed by atoms with Crippen LogP contribution in [0, 0.1) is 0 Å². The fraction of sp³-hybridized carbons (Fsp3) is 0.800. The third kappa shape index (κ3) is 2.69. The van der Waals surface area contributed by atoms with Gasteiger partial charge in [0.05, 0.1) is 18.8 Å². The van der Waals surface area contributed by atoms with E-state index in [0.29, 0.717) is 5.75 Å². The Morgan fingerprint density at radius 3 is 2.25 bits per heavy atom. The summed E-state index contributed by atoms with van der Waals surface area (Å²) in [4.78, 5) is 2.11. The predicted octanol–water partition coefficient (Wildman–Crippen LogP) is 2.63. The van der Waals surface area contributed by atoms with Gasteiger partial charge in [0.1, 0.15) is 11.8 Å². The average Bonchev–Trinajstić information content (AvgIpc) is 2.83. The zero-order valence-electron chi connectivity index (χ0n) is 13.8. The first-order chi connectivity index (χ1) is 9.35. The number of ether oxygens (including phenoxy) is 1. The van der Waals surface area contributed by atoms with Crippen molar-refractivity contribution in [1.29, 1.82) is 0 Å². The molecule has 1 unspecified atom stereocenters. The Bertz CT molecular complexity index is 423. The highest BCUT2D eigenvalue weighted by atomic mass is 16.5. The van der Waals surface area contributed by atoms with Gasteiger partial charge in [-0.05, 0) is 40.8 Å². The van der Waals surface area contributed by atoms with Crippen molar-refractivity contribution < 1.29 is 9.84 Å². The van der Waals surface area contributed by atoms with Crippen LogP contribution in [0.4, 0.5) is 0 Å². The molecule has 0 aliphatic rings. The van der Waals surface area contributed by atoms with E-state index in [1.807, 2.05) is 18.8 Å². The maximum Gasteiger partial charge on any atom is 0.162 e. The predicted molar refractivity (Wildman–Crippen MR) is 81.1 cm³/mol. The van der Waals surface area contributed by atoms with Crippen molar-refractivity contribution in [3.63, 3.8) is 0 Å². The highest BCUT2D eigenvalue weighted by Crippen LogP contribution is 2.40. The normalized spacial score (nSPS) is 14.1. The topological polar surface area (TPSA) is 50.5 Å². The first-order valence-electron chi connectivity index (χ1n) is 7.32. The van der Waals surface area contributed by atoms with Crippen LogP contribution < -0.4 is 4.74 Å². The Kier molecular flexibility index (Phi) is 5.59. The van der Waals surface area contributed by atoms with Crippen LogP contribution in [-0.2, 0) is 0 Å². The zero-order chi connectivity index (χ0) is 15.5. The van der Waals surface area contributed by atoms with Gasteiger partial charge in [0.15, 0.2) is 5.75 Å². The Morgan fingerprint density at radius 2 is 1.90 bits per heavy atom. The van der Waals surface area contributed by atoms with Crippen molar-refractivity contribution in [3.05, 3.63) is 11.9 Å². The number of methoxy groups -OCH3 is 1. The molecule has 0 bridgehead atoms. The van der Waals surface area contributed by atoms with E-state index in [2.05, 4.69) is 37.7 Å². The summed E-state index contributed by atoms with van der Waals surface area (Å²) < 4.78 is 7.25. The molecule has 0 aromatic carbocycles. The van der Waals surface area contributed by atoms with Gasteiger partial charge in [-0.15, -0.1) is 0 Å². The van der Waals surface area contributed by atoms with E-state index in [1.54, 1.807) is 13.3 Å². The second-order valence-corrected chi connectivity index (χ2v) is 5.74. The van der Waals surface area contributed by atoms with E-state index in [9.17, 15) is 5.11 Å². The van der Waals surface area contributed by atoms with Crippen LogP contribution in [0.15, 0.2) is 6.20 Å². The van der Waals surface area contributed by atoms with Crippen LogP contribution in [0.25, 0.3) is 0 Å². The van der Waals surface area contributed by atoms with Gasteiger partial charge in [-0.3, -0.25) is 4.68 Å². The first kappa shape index (κ1) is 17.0. The van der Waals surface area contributed by atoms with Crippen molar-refractivity contribution in [1.82, 2.24) is 14.7 Å². The number of aliphatic hydroxyl groups is 1. The summed E-state index contributed by atoms with van der Waals surface area (Å²) in [5, 5.41) is 15.4. The summed E-state index contributed by atoms with van der Waals surface area (Å²) in [5.74, 6) is 0.652. The van der Waals surface area contributed by atoms with Crippen LogP contribution in [0.3, 0.4) is 0 Å². The Hall–Kier alpha value is -1.07. The number of aromatic nitrogens is 2. The van der Waals surface area contributed by atoms with Crippen LogP contribution >= 0.6 is 0 Å². The first-order valence-corrected chi connectivity index (χ1v) is 7.32. The molecule has 1 rings (SSSR count). The minimum Gasteiger partial charge on any atom is -0.493 e. The fourth-order valence-electron chi connectivity index (χ4n) is 2.95. The maximum atomic E-state index is 11.0. The van der Waals surface area contributed by atoms with Gasteiger partial charge in [0.25, 0.3) is 0 Å². The smallest absolute Gasteiger partial charge is 0.162 e. The molecule has 0 radical (unpaired) electrons. The number of nitrogens with zero attached hydrogens (tertiary/aromatic N) is 3. The van der Waals surface area contributed by atoms with Crippen molar-refractivity contribution in [2.75, 3.05) is 21.2 Å². The summed E-state index contributed by atoms with van der Waals surface area (Å²) in [6.45, 7) is 8.32. The lowest BCUT2D eigenvalue weighted by Gasteiger charge is -2.42.